The van der Waals surface area contributed by atoms with Gasteiger partial charge in [-0.2, -0.15) is 60.6 Å². The SMILES string of the molecule is Cc1ccc(-c2cc3c(c(-c4ccc(C(F)(F)F)cc4)c2)-c2cc4c(cc2C3=C(C#N)C#N)C(=C(C#N)C#N)c2cc(-c3ccc(C(F)(F)F)cc3)cc(-c3ccc(C(F)(F)F)cc3)c2-4)cc1. The molecule has 0 heterocycles. The van der Waals surface area contributed by atoms with Crippen LogP contribution in [0.5, 0.6) is 0 Å². The van der Waals surface area contributed by atoms with E-state index in [0.29, 0.717) is 61.2 Å². The highest BCUT2D eigenvalue weighted by molar-refractivity contribution is 6.16. The zero-order chi connectivity index (χ0) is 47.7. The van der Waals surface area contributed by atoms with Gasteiger partial charge in [-0.1, -0.05) is 66.2 Å². The summed E-state index contributed by atoms with van der Waals surface area (Å²) in [6.45, 7) is 1.90. The molecule has 0 N–H and O–H groups in total. The molecule has 0 unspecified atom stereocenters. The Morgan fingerprint density at radius 3 is 0.925 bits per heavy atom. The summed E-state index contributed by atoms with van der Waals surface area (Å²) >= 11 is 0. The molecule has 2 aliphatic carbocycles. The Balaban J connectivity index is 1.39. The number of hydrogen-bond donors (Lipinski definition) is 0. The van der Waals surface area contributed by atoms with E-state index in [-0.39, 0.29) is 44.5 Å². The molecule has 9 rings (SSSR count). The predicted octanol–water partition coefficient (Wildman–Crippen LogP) is 15.4. The average Bonchev–Trinajstić information content (AvgIpc) is 3.79. The summed E-state index contributed by atoms with van der Waals surface area (Å²) in [5.74, 6) is 0. The first-order valence-electron chi connectivity index (χ1n) is 20.1. The number of fused-ring (bicyclic) bond motifs is 6. The number of alkyl halides is 9. The average molecular weight is 901 g/mol. The molecule has 0 amide bonds. The maximum absolute atomic E-state index is 13.9. The van der Waals surface area contributed by atoms with E-state index in [0.717, 1.165) is 42.0 Å². The van der Waals surface area contributed by atoms with Crippen molar-refractivity contribution in [3.63, 3.8) is 0 Å². The molecule has 0 spiro atoms. The summed E-state index contributed by atoms with van der Waals surface area (Å²) in [4.78, 5) is 0. The van der Waals surface area contributed by atoms with Gasteiger partial charge in [0, 0.05) is 11.1 Å². The standard InChI is InChI=1S/C54H25F9N4/c1-28-2-4-29(5-3-28)33-18-40(31-8-14-38(15-9-31)53(58,59)60)50-44-23-45-43(22-42(44)48(46(50)20-33)35(24-64)25-65)49(36(26-66)27-67)47-21-34(30-6-12-37(13-7-30)52(55,56)57)19-41(51(45)47)32-10-16-39(17-11-32)54(61,62)63/h2-23H,1H3. The van der Waals surface area contributed by atoms with Crippen molar-refractivity contribution in [3.05, 3.63) is 189 Å². The molecule has 0 bridgehead atoms. The van der Waals surface area contributed by atoms with E-state index in [1.807, 2.05) is 55.5 Å². The molecule has 324 valence electrons. The summed E-state index contributed by atoms with van der Waals surface area (Å²) in [6, 6.07) is 38.2. The van der Waals surface area contributed by atoms with Gasteiger partial charge >= 0.3 is 18.5 Å². The van der Waals surface area contributed by atoms with Crippen LogP contribution in [0.4, 0.5) is 39.5 Å². The van der Waals surface area contributed by atoms with E-state index in [4.69, 9.17) is 0 Å². The molecular weight excluding hydrogens is 876 g/mol. The van der Waals surface area contributed by atoms with Crippen LogP contribution in [0, 0.1) is 52.2 Å². The van der Waals surface area contributed by atoms with Crippen molar-refractivity contribution < 1.29 is 39.5 Å². The van der Waals surface area contributed by atoms with E-state index in [1.54, 1.807) is 36.4 Å². The maximum Gasteiger partial charge on any atom is 0.416 e. The summed E-state index contributed by atoms with van der Waals surface area (Å²) < 4.78 is 124. The normalized spacial score (nSPS) is 12.5. The molecule has 0 radical (unpaired) electrons. The second-order valence-corrected chi connectivity index (χ2v) is 15.9. The lowest BCUT2D eigenvalue weighted by Crippen LogP contribution is -2.04. The molecule has 13 heteroatoms. The minimum Gasteiger partial charge on any atom is -0.192 e. The van der Waals surface area contributed by atoms with E-state index < -0.39 is 40.8 Å². The minimum absolute atomic E-state index is 0.0776. The van der Waals surface area contributed by atoms with Crippen molar-refractivity contribution in [2.24, 2.45) is 0 Å². The van der Waals surface area contributed by atoms with E-state index >= 15 is 0 Å². The van der Waals surface area contributed by atoms with Crippen LogP contribution in [-0.4, -0.2) is 0 Å². The molecule has 7 aromatic carbocycles. The van der Waals surface area contributed by atoms with E-state index in [2.05, 4.69) is 0 Å². The molecule has 0 atom stereocenters. The molecule has 0 saturated heterocycles. The van der Waals surface area contributed by atoms with Crippen LogP contribution >= 0.6 is 0 Å². The molecule has 0 aromatic heterocycles. The number of halogens is 9. The monoisotopic (exact) mass is 900 g/mol. The highest BCUT2D eigenvalue weighted by Gasteiger charge is 2.38. The molecule has 0 aliphatic heterocycles. The first kappa shape index (κ1) is 43.6. The fraction of sp³-hybridized carbons (Fsp3) is 0.0741. The second-order valence-electron chi connectivity index (χ2n) is 15.9. The van der Waals surface area contributed by atoms with Crippen LogP contribution in [-0.2, 0) is 18.5 Å². The lowest BCUT2D eigenvalue weighted by Gasteiger charge is -2.17. The van der Waals surface area contributed by atoms with Crippen LogP contribution < -0.4 is 0 Å². The van der Waals surface area contributed by atoms with E-state index in [1.165, 1.54) is 36.4 Å². The summed E-state index contributed by atoms with van der Waals surface area (Å²) in [7, 11) is 0. The molecule has 0 fully saturated rings. The van der Waals surface area contributed by atoms with Crippen LogP contribution in [0.2, 0.25) is 0 Å². The quantitative estimate of drug-likeness (QED) is 0.130. The van der Waals surface area contributed by atoms with Gasteiger partial charge in [-0.05, 0) is 169 Å². The summed E-state index contributed by atoms with van der Waals surface area (Å²) in [6.07, 6.45) is -14.0. The van der Waals surface area contributed by atoms with Gasteiger partial charge in [0.25, 0.3) is 0 Å². The maximum atomic E-state index is 13.9. The fourth-order valence-corrected chi connectivity index (χ4v) is 8.85. The number of benzene rings is 7. The lowest BCUT2D eigenvalue weighted by atomic mass is 9.87. The van der Waals surface area contributed by atoms with Gasteiger partial charge < -0.3 is 0 Å². The molecule has 67 heavy (non-hydrogen) atoms. The smallest absolute Gasteiger partial charge is 0.192 e. The van der Waals surface area contributed by atoms with Gasteiger partial charge in [-0.3, -0.25) is 0 Å². The third kappa shape index (κ3) is 7.47. The predicted molar refractivity (Wildman–Crippen MR) is 233 cm³/mol. The third-order valence-electron chi connectivity index (χ3n) is 12.0. The van der Waals surface area contributed by atoms with Crippen LogP contribution in [0.1, 0.15) is 44.5 Å². The molecule has 7 aromatic rings. The fourth-order valence-electron chi connectivity index (χ4n) is 8.85. The number of nitriles is 4. The Morgan fingerprint density at radius 1 is 0.328 bits per heavy atom. The Labute approximate surface area is 376 Å². The van der Waals surface area contributed by atoms with Gasteiger partial charge in [-0.25, -0.2) is 0 Å². The lowest BCUT2D eigenvalue weighted by molar-refractivity contribution is -0.138. The van der Waals surface area contributed by atoms with Crippen molar-refractivity contribution in [1.82, 2.24) is 0 Å². The van der Waals surface area contributed by atoms with Crippen LogP contribution in [0.15, 0.2) is 145 Å². The van der Waals surface area contributed by atoms with Crippen molar-refractivity contribution in [2.75, 3.05) is 0 Å². The zero-order valence-corrected chi connectivity index (χ0v) is 34.4. The van der Waals surface area contributed by atoms with Crippen molar-refractivity contribution in [1.29, 1.82) is 21.0 Å². The molecule has 2 aliphatic rings. The zero-order valence-electron chi connectivity index (χ0n) is 34.4. The van der Waals surface area contributed by atoms with Gasteiger partial charge in [0.15, 0.2) is 0 Å². The Bertz CT molecular complexity index is 3440. The molecular formula is C54H25F9N4. The molecule has 0 saturated carbocycles. The molecule has 4 nitrogen and oxygen atoms in total. The Morgan fingerprint density at radius 2 is 0.612 bits per heavy atom. The first-order valence-corrected chi connectivity index (χ1v) is 20.1. The number of rotatable bonds is 4. The van der Waals surface area contributed by atoms with E-state index in [9.17, 15) is 60.6 Å². The number of allylic oxidation sites excluding steroid dienone is 2. The minimum atomic E-state index is -4.70. The van der Waals surface area contributed by atoms with Crippen LogP contribution in [0.25, 0.3) is 77.9 Å². The number of aryl methyl sites for hydroxylation is 1. The van der Waals surface area contributed by atoms with Gasteiger partial charge in [0.05, 0.1) is 16.7 Å². The van der Waals surface area contributed by atoms with Crippen LogP contribution in [0.3, 0.4) is 0 Å². The van der Waals surface area contributed by atoms with Crippen molar-refractivity contribution in [2.45, 2.75) is 25.5 Å². The highest BCUT2D eigenvalue weighted by Crippen LogP contribution is 2.58. The van der Waals surface area contributed by atoms with Gasteiger partial charge in [0.2, 0.25) is 0 Å². The number of hydrogen-bond acceptors (Lipinski definition) is 4. The van der Waals surface area contributed by atoms with Crippen molar-refractivity contribution >= 4 is 11.1 Å². The second kappa shape index (κ2) is 15.8. The Kier molecular flexibility index (Phi) is 10.3. The third-order valence-corrected chi connectivity index (χ3v) is 12.0. The van der Waals surface area contributed by atoms with Gasteiger partial charge in [-0.15, -0.1) is 0 Å². The topological polar surface area (TPSA) is 95.2 Å². The summed E-state index contributed by atoms with van der Waals surface area (Å²) in [5, 5.41) is 41.8. The number of nitrogens with zero attached hydrogens (tertiary/aromatic N) is 4. The van der Waals surface area contributed by atoms with Gasteiger partial charge in [0.1, 0.15) is 35.4 Å². The largest absolute Gasteiger partial charge is 0.416 e. The Hall–Kier alpha value is -8.65. The highest BCUT2D eigenvalue weighted by atomic mass is 19.4. The first-order chi connectivity index (χ1) is 31.8. The van der Waals surface area contributed by atoms with Crippen molar-refractivity contribution in [3.8, 4) is 91.0 Å². The summed E-state index contributed by atoms with van der Waals surface area (Å²) in [5.41, 5.74) is 3.64.